The van der Waals surface area contributed by atoms with Gasteiger partial charge < -0.3 is 20.3 Å². The van der Waals surface area contributed by atoms with Gasteiger partial charge in [-0.1, -0.05) is 249 Å². The molecule has 6 heteroatoms. The number of carbonyl (C=O) groups excluding carboxylic acids is 2. The van der Waals surface area contributed by atoms with Crippen molar-refractivity contribution in [3.05, 3.63) is 36.5 Å². The van der Waals surface area contributed by atoms with Crippen LogP contribution in [0.25, 0.3) is 0 Å². The molecule has 0 aliphatic heterocycles. The molecule has 0 aliphatic rings. The van der Waals surface area contributed by atoms with E-state index in [0.717, 1.165) is 51.4 Å². The molecule has 0 rings (SSSR count). The van der Waals surface area contributed by atoms with E-state index in [1.54, 1.807) is 6.08 Å². The summed E-state index contributed by atoms with van der Waals surface area (Å²) in [6.07, 6.45) is 68.9. The number of unbranched alkanes of at least 4 members (excludes halogenated alkanes) is 39. The first-order valence-electron chi connectivity index (χ1n) is 29.3. The van der Waals surface area contributed by atoms with Crippen LogP contribution < -0.4 is 5.32 Å². The van der Waals surface area contributed by atoms with Crippen LogP contribution in [0, 0.1) is 0 Å². The van der Waals surface area contributed by atoms with Crippen LogP contribution in [-0.4, -0.2) is 47.4 Å². The molecule has 0 fully saturated rings. The predicted octanol–water partition coefficient (Wildman–Crippen LogP) is 18.0. The maximum Gasteiger partial charge on any atom is 0.305 e. The number of carbonyl (C=O) groups is 2. The number of ether oxygens (including phenoxy) is 1. The molecule has 6 nitrogen and oxygen atoms in total. The molecule has 3 N–H and O–H groups in total. The summed E-state index contributed by atoms with van der Waals surface area (Å²) in [5.74, 6) is -0.0730. The van der Waals surface area contributed by atoms with Crippen molar-refractivity contribution in [2.45, 2.75) is 321 Å². The fraction of sp³-hybridized carbons (Fsp3) is 0.867. The van der Waals surface area contributed by atoms with Gasteiger partial charge in [0.05, 0.1) is 25.4 Å². The van der Waals surface area contributed by atoms with Gasteiger partial charge in [0, 0.05) is 12.8 Å². The highest BCUT2D eigenvalue weighted by atomic mass is 16.5. The second-order valence-corrected chi connectivity index (χ2v) is 20.0. The summed E-state index contributed by atoms with van der Waals surface area (Å²) in [6, 6.07) is -0.631. The molecule has 0 aliphatic carbocycles. The van der Waals surface area contributed by atoms with E-state index < -0.39 is 12.1 Å². The van der Waals surface area contributed by atoms with Crippen molar-refractivity contribution in [1.82, 2.24) is 5.32 Å². The number of amides is 1. The van der Waals surface area contributed by atoms with Gasteiger partial charge in [-0.15, -0.1) is 0 Å². The highest BCUT2D eigenvalue weighted by Gasteiger charge is 2.18. The number of allylic oxidation sites excluding steroid dienone is 5. The first-order chi connectivity index (χ1) is 32.5. The number of aliphatic hydroxyl groups is 2. The van der Waals surface area contributed by atoms with Crippen molar-refractivity contribution in [1.29, 1.82) is 0 Å². The molecule has 0 heterocycles. The maximum atomic E-state index is 12.4. The Bertz CT molecular complexity index is 1070. The summed E-state index contributed by atoms with van der Waals surface area (Å²) in [7, 11) is 0. The third-order valence-electron chi connectivity index (χ3n) is 13.4. The smallest absolute Gasteiger partial charge is 0.305 e. The molecule has 0 spiro atoms. The van der Waals surface area contributed by atoms with Gasteiger partial charge in [0.1, 0.15) is 0 Å². The van der Waals surface area contributed by atoms with E-state index >= 15 is 0 Å². The SMILES string of the molecule is CCCCCCC/C=C\CCCCCCCC(=O)OCCCCCCCCCCCCCC/C=C\CCCCCCCCCC(=O)NC(CO)C(O)/C=C/CCCCCCCCCCCC. The summed E-state index contributed by atoms with van der Waals surface area (Å²) >= 11 is 0. The van der Waals surface area contributed by atoms with Crippen molar-refractivity contribution < 1.29 is 24.5 Å². The van der Waals surface area contributed by atoms with Gasteiger partial charge in [-0.05, 0) is 83.5 Å². The number of nitrogens with one attached hydrogen (secondary N) is 1. The lowest BCUT2D eigenvalue weighted by Gasteiger charge is -2.20. The lowest BCUT2D eigenvalue weighted by Crippen LogP contribution is -2.45. The van der Waals surface area contributed by atoms with Gasteiger partial charge in [0.15, 0.2) is 0 Å². The Kier molecular flexibility index (Phi) is 54.1. The molecule has 2 atom stereocenters. The second kappa shape index (κ2) is 55.7. The summed E-state index contributed by atoms with van der Waals surface area (Å²) in [4.78, 5) is 24.5. The van der Waals surface area contributed by atoms with Crippen LogP contribution in [0.1, 0.15) is 309 Å². The molecule has 66 heavy (non-hydrogen) atoms. The number of hydrogen-bond acceptors (Lipinski definition) is 5. The van der Waals surface area contributed by atoms with Crippen LogP contribution in [0.4, 0.5) is 0 Å². The third-order valence-corrected chi connectivity index (χ3v) is 13.4. The van der Waals surface area contributed by atoms with E-state index in [-0.39, 0.29) is 18.5 Å². The summed E-state index contributed by atoms with van der Waals surface area (Å²) in [6.45, 7) is 4.88. The Hall–Kier alpha value is -1.92. The second-order valence-electron chi connectivity index (χ2n) is 20.0. The van der Waals surface area contributed by atoms with Crippen molar-refractivity contribution in [3.8, 4) is 0 Å². The quantitative estimate of drug-likeness (QED) is 0.0321. The van der Waals surface area contributed by atoms with Crippen molar-refractivity contribution in [3.63, 3.8) is 0 Å². The Morgan fingerprint density at radius 3 is 1.08 bits per heavy atom. The van der Waals surface area contributed by atoms with Crippen LogP contribution in [0.2, 0.25) is 0 Å². The van der Waals surface area contributed by atoms with E-state index in [0.29, 0.717) is 19.4 Å². The third kappa shape index (κ3) is 51.5. The van der Waals surface area contributed by atoms with Crippen LogP contribution in [0.3, 0.4) is 0 Å². The Balaban J connectivity index is 3.42. The fourth-order valence-corrected chi connectivity index (χ4v) is 8.86. The molecular weight excluding hydrogens is 815 g/mol. The zero-order valence-electron chi connectivity index (χ0n) is 44.2. The molecule has 0 radical (unpaired) electrons. The maximum absolute atomic E-state index is 12.4. The van der Waals surface area contributed by atoms with E-state index in [1.165, 1.54) is 231 Å². The normalized spacial score (nSPS) is 12.8. The van der Waals surface area contributed by atoms with Gasteiger partial charge in [-0.2, -0.15) is 0 Å². The molecule has 1 amide bonds. The van der Waals surface area contributed by atoms with E-state index in [4.69, 9.17) is 4.74 Å². The first-order valence-corrected chi connectivity index (χ1v) is 29.3. The lowest BCUT2D eigenvalue weighted by atomic mass is 10.0. The molecule has 0 aromatic heterocycles. The van der Waals surface area contributed by atoms with Crippen molar-refractivity contribution in [2.75, 3.05) is 13.2 Å². The molecular formula is C60H113NO5. The average molecular weight is 929 g/mol. The van der Waals surface area contributed by atoms with E-state index in [9.17, 15) is 19.8 Å². The minimum atomic E-state index is -0.847. The van der Waals surface area contributed by atoms with Crippen LogP contribution in [-0.2, 0) is 14.3 Å². The summed E-state index contributed by atoms with van der Waals surface area (Å²) < 4.78 is 5.47. The van der Waals surface area contributed by atoms with Gasteiger partial charge >= 0.3 is 5.97 Å². The fourth-order valence-electron chi connectivity index (χ4n) is 8.86. The van der Waals surface area contributed by atoms with Crippen molar-refractivity contribution >= 4 is 11.9 Å². The minimum Gasteiger partial charge on any atom is -0.466 e. The minimum absolute atomic E-state index is 0.00208. The highest BCUT2D eigenvalue weighted by Crippen LogP contribution is 2.16. The molecule has 388 valence electrons. The van der Waals surface area contributed by atoms with Crippen LogP contribution in [0.5, 0.6) is 0 Å². The summed E-state index contributed by atoms with van der Waals surface area (Å²) in [5.41, 5.74) is 0. The van der Waals surface area contributed by atoms with E-state index in [1.807, 2.05) is 6.08 Å². The first kappa shape index (κ1) is 64.1. The van der Waals surface area contributed by atoms with Gasteiger partial charge in [0.2, 0.25) is 5.91 Å². The van der Waals surface area contributed by atoms with Gasteiger partial charge in [-0.3, -0.25) is 9.59 Å². The zero-order valence-corrected chi connectivity index (χ0v) is 44.2. The number of hydrogen-bond donors (Lipinski definition) is 3. The average Bonchev–Trinajstić information content (AvgIpc) is 3.32. The monoisotopic (exact) mass is 928 g/mol. The molecule has 0 saturated carbocycles. The van der Waals surface area contributed by atoms with Crippen LogP contribution in [0.15, 0.2) is 36.5 Å². The molecule has 0 bridgehead atoms. The van der Waals surface area contributed by atoms with Crippen LogP contribution >= 0.6 is 0 Å². The highest BCUT2D eigenvalue weighted by molar-refractivity contribution is 5.76. The predicted molar refractivity (Wildman–Crippen MR) is 287 cm³/mol. The molecule has 0 saturated heterocycles. The topological polar surface area (TPSA) is 95.9 Å². The largest absolute Gasteiger partial charge is 0.466 e. The summed E-state index contributed by atoms with van der Waals surface area (Å²) in [5, 5.41) is 23.0. The Labute approximate surface area is 411 Å². The number of aliphatic hydroxyl groups excluding tert-OH is 2. The Morgan fingerprint density at radius 2 is 0.712 bits per heavy atom. The zero-order chi connectivity index (χ0) is 47.9. The lowest BCUT2D eigenvalue weighted by molar-refractivity contribution is -0.143. The van der Waals surface area contributed by atoms with Gasteiger partial charge in [-0.25, -0.2) is 0 Å². The standard InChI is InChI=1S/C60H113NO5/c1-3-5-7-9-11-13-15-17-30-34-38-42-46-50-54-60(65)66-55-51-47-43-39-35-31-28-26-24-22-20-18-19-21-23-25-27-29-33-37-41-45-49-53-59(64)61-57(56-62)58(63)52-48-44-40-36-32-16-14-12-10-8-6-4-2/h15,17,21,23,48,52,57-58,62-63H,3-14,16,18-20,22,24-47,49-51,53-56H2,1-2H3,(H,61,64)/b17-15-,23-21-,52-48+. The Morgan fingerprint density at radius 1 is 0.409 bits per heavy atom. The van der Waals surface area contributed by atoms with Gasteiger partial charge in [0.25, 0.3) is 0 Å². The molecule has 0 aromatic carbocycles. The van der Waals surface area contributed by atoms with Crippen molar-refractivity contribution in [2.24, 2.45) is 0 Å². The molecule has 0 aromatic rings. The van der Waals surface area contributed by atoms with E-state index in [2.05, 4.69) is 43.5 Å². The molecule has 2 unspecified atom stereocenters. The number of esters is 1. The number of rotatable bonds is 54.